The summed E-state index contributed by atoms with van der Waals surface area (Å²) in [6, 6.07) is 2.35. The topological polar surface area (TPSA) is 201 Å². The standard InChI is InChI=1S/C51H70N2O12/c1-46(2)39-38(57)40(58)50(30-7-5-4-6-8-30)37(49(39)25-62-45(60)48(44(49)65-46)16-11-27(21-48)23-54)12-15-47(3)41(63-43(59)42-51(47,50)64-42)32-14-18-61-36(32)20-33(35(56)24-55)28-9-10-31-29(19-28)13-17-53-26-52-22-34(31)53/h13-14,17-18,27-31,33-35,37,39-42,44,52,54-56,58H,4-12,15-16,19-26H2,1-3H3/t27-,28+,29+,31+,33-,34-,35+,37+,39+,40+,41-,42+,44-,47-,48+,49+,50-,51+/m0/s1. The van der Waals surface area contributed by atoms with Gasteiger partial charge < -0.3 is 48.7 Å². The van der Waals surface area contributed by atoms with Crippen LogP contribution in [0.25, 0.3) is 0 Å². The third-order valence-corrected chi connectivity index (χ3v) is 20.9. The quantitative estimate of drug-likeness (QED) is 0.182. The number of hydrogen-bond acceptors (Lipinski definition) is 14. The summed E-state index contributed by atoms with van der Waals surface area (Å²) >= 11 is 0. The largest absolute Gasteiger partial charge is 0.469 e. The first-order valence-electron chi connectivity index (χ1n) is 25.3. The van der Waals surface area contributed by atoms with Crippen LogP contribution in [0.15, 0.2) is 29.0 Å². The smallest absolute Gasteiger partial charge is 0.339 e. The summed E-state index contributed by atoms with van der Waals surface area (Å²) < 4.78 is 33.6. The summed E-state index contributed by atoms with van der Waals surface area (Å²) in [5.41, 5.74) is -5.87. The monoisotopic (exact) mass is 902 g/mol. The predicted molar refractivity (Wildman–Crippen MR) is 231 cm³/mol. The molecule has 1 aromatic rings. The van der Waals surface area contributed by atoms with E-state index in [9.17, 15) is 30.0 Å². The maximum atomic E-state index is 15.7. The van der Waals surface area contributed by atoms with E-state index >= 15 is 4.79 Å². The van der Waals surface area contributed by atoms with Crippen molar-refractivity contribution in [2.45, 2.75) is 158 Å². The highest BCUT2D eigenvalue weighted by atomic mass is 16.7. The van der Waals surface area contributed by atoms with Crippen LogP contribution >= 0.6 is 0 Å². The zero-order valence-corrected chi connectivity index (χ0v) is 38.3. The summed E-state index contributed by atoms with van der Waals surface area (Å²) in [5, 5.41) is 49.4. The molecule has 356 valence electrons. The van der Waals surface area contributed by atoms with Crippen molar-refractivity contribution in [1.29, 1.82) is 0 Å². The van der Waals surface area contributed by atoms with Crippen LogP contribution in [-0.4, -0.2) is 118 Å². The lowest BCUT2D eigenvalue weighted by atomic mass is 9.32. The Bertz CT molecular complexity index is 2140. The van der Waals surface area contributed by atoms with Gasteiger partial charge in [-0.1, -0.05) is 32.3 Å². The fraction of sp³-hybridized carbons (Fsp3) is 0.824. The molecule has 14 nitrogen and oxygen atoms in total. The van der Waals surface area contributed by atoms with E-state index < -0.39 is 81.2 Å². The molecule has 0 amide bonds. The van der Waals surface area contributed by atoms with Gasteiger partial charge in [-0.15, -0.1) is 0 Å². The molecule has 5 N–H and O–H groups in total. The van der Waals surface area contributed by atoms with Crippen molar-refractivity contribution in [3.63, 3.8) is 0 Å². The first kappa shape index (κ1) is 43.4. The van der Waals surface area contributed by atoms with Crippen LogP contribution in [0.5, 0.6) is 0 Å². The minimum Gasteiger partial charge on any atom is -0.469 e. The average molecular weight is 903 g/mol. The minimum absolute atomic E-state index is 0.0200. The number of carbonyl (C=O) groups excluding carboxylic acids is 3. The van der Waals surface area contributed by atoms with Crippen molar-refractivity contribution >= 4 is 17.7 Å². The van der Waals surface area contributed by atoms with Crippen molar-refractivity contribution < 1.29 is 58.2 Å². The number of aliphatic hydroxyl groups is 4. The highest BCUT2D eigenvalue weighted by molar-refractivity contribution is 5.93. The van der Waals surface area contributed by atoms with Gasteiger partial charge in [0.2, 0.25) is 0 Å². The number of nitrogens with one attached hydrogen (secondary N) is 1. The SMILES string of the molecule is CC1(C)O[C@H]2[C@]3(CC[C@H](CO)C3)C(=O)OC[C@@]23[C@@H]1C(=O)[C@@H](O)[C@]1(C2CCCCC2)[C@@H]3CC[C@@]2(C)[C@H](c3ccoc3C[C@@H]([C@@H]3CC[C@@H]4[C@H](C=CN5CNC[C@@H]45)C3)[C@H](O)CO)OC(=O)[C@H]3O[C@@]312. The van der Waals surface area contributed by atoms with Gasteiger partial charge in [-0.3, -0.25) is 14.9 Å². The van der Waals surface area contributed by atoms with Crippen LogP contribution in [0.4, 0.5) is 0 Å². The Morgan fingerprint density at radius 2 is 1.78 bits per heavy atom. The molecule has 10 fully saturated rings. The molecule has 7 heterocycles. The molecule has 12 rings (SSSR count). The maximum Gasteiger partial charge on any atom is 0.339 e. The molecule has 11 aliphatic rings. The third-order valence-electron chi connectivity index (χ3n) is 20.9. The summed E-state index contributed by atoms with van der Waals surface area (Å²) in [4.78, 5) is 47.2. The normalized spacial score (nSPS) is 49.1. The van der Waals surface area contributed by atoms with Gasteiger partial charge in [0.25, 0.3) is 0 Å². The van der Waals surface area contributed by atoms with Crippen molar-refractivity contribution in [2.75, 3.05) is 33.0 Å². The average Bonchev–Trinajstić information content (AvgIpc) is 3.70. The Labute approximate surface area is 381 Å². The molecule has 6 aliphatic heterocycles. The lowest BCUT2D eigenvalue weighted by Crippen LogP contribution is -2.79. The molecule has 0 bridgehead atoms. The molecule has 5 saturated heterocycles. The van der Waals surface area contributed by atoms with E-state index in [0.717, 1.165) is 64.6 Å². The first-order chi connectivity index (χ1) is 31.2. The molecule has 0 radical (unpaired) electrons. The van der Waals surface area contributed by atoms with E-state index in [-0.39, 0.29) is 55.2 Å². The Hall–Kier alpha value is -2.85. The molecule has 1 aromatic heterocycles. The molecule has 5 saturated carbocycles. The molecular weight excluding hydrogens is 833 g/mol. The molecule has 18 atom stereocenters. The number of hydrogen-bond donors (Lipinski definition) is 5. The molecule has 0 aromatic carbocycles. The third kappa shape index (κ3) is 5.45. The lowest BCUT2D eigenvalue weighted by Gasteiger charge is -2.70. The summed E-state index contributed by atoms with van der Waals surface area (Å²) in [7, 11) is 0. The fourth-order valence-electron chi connectivity index (χ4n) is 18.5. The van der Waals surface area contributed by atoms with E-state index in [2.05, 4.69) is 29.4 Å². The Morgan fingerprint density at radius 3 is 2.55 bits per heavy atom. The highest BCUT2D eigenvalue weighted by Crippen LogP contribution is 2.83. The van der Waals surface area contributed by atoms with Crippen LogP contribution in [0, 0.1) is 69.0 Å². The number of carbonyl (C=O) groups is 3. The van der Waals surface area contributed by atoms with Gasteiger partial charge in [0.05, 0.1) is 48.7 Å². The molecule has 14 heteroatoms. The van der Waals surface area contributed by atoms with Crippen molar-refractivity contribution in [1.82, 2.24) is 10.2 Å². The molecule has 65 heavy (non-hydrogen) atoms. The number of rotatable bonds is 8. The summed E-state index contributed by atoms with van der Waals surface area (Å²) in [6.07, 6.45) is 11.3. The number of esters is 2. The van der Waals surface area contributed by atoms with Crippen molar-refractivity contribution in [2.24, 2.45) is 69.0 Å². The van der Waals surface area contributed by atoms with Gasteiger partial charge in [-0.25, -0.2) is 4.79 Å². The number of cyclic esters (lactones) is 2. The van der Waals surface area contributed by atoms with E-state index in [0.29, 0.717) is 67.7 Å². The second-order valence-corrected chi connectivity index (χ2v) is 23.7. The number of aliphatic hydroxyl groups excluding tert-OH is 4. The number of fused-ring (bicyclic) bond motifs is 5. The highest BCUT2D eigenvalue weighted by Gasteiger charge is 2.93. The van der Waals surface area contributed by atoms with Gasteiger partial charge in [0.15, 0.2) is 11.9 Å². The van der Waals surface area contributed by atoms with Gasteiger partial charge in [0, 0.05) is 47.4 Å². The molecule has 3 spiro atoms. The van der Waals surface area contributed by atoms with E-state index in [1.165, 1.54) is 0 Å². The molecule has 0 unspecified atom stereocenters. The van der Waals surface area contributed by atoms with Crippen LogP contribution in [0.3, 0.4) is 0 Å². The van der Waals surface area contributed by atoms with Gasteiger partial charge in [0.1, 0.15) is 30.2 Å². The maximum absolute atomic E-state index is 15.7. The van der Waals surface area contributed by atoms with Gasteiger partial charge in [-0.2, -0.15) is 0 Å². The zero-order valence-electron chi connectivity index (χ0n) is 38.3. The van der Waals surface area contributed by atoms with E-state index in [4.69, 9.17) is 23.4 Å². The zero-order chi connectivity index (χ0) is 45.1. The molecular formula is C51H70N2O12. The number of Topliss-reactive ketones (excluding diaryl/α,β-unsaturated/α-hetero) is 1. The van der Waals surface area contributed by atoms with E-state index in [1.807, 2.05) is 19.9 Å². The molecule has 5 aliphatic carbocycles. The van der Waals surface area contributed by atoms with Crippen LogP contribution in [0.2, 0.25) is 0 Å². The number of nitrogens with zero attached hydrogens (tertiary/aromatic N) is 1. The second kappa shape index (κ2) is 14.8. The Balaban J connectivity index is 0.950. The van der Waals surface area contributed by atoms with Crippen LogP contribution < -0.4 is 5.32 Å². The van der Waals surface area contributed by atoms with Gasteiger partial charge >= 0.3 is 11.9 Å². The van der Waals surface area contributed by atoms with Gasteiger partial charge in [-0.05, 0) is 132 Å². The number of allylic oxidation sites excluding steroid dienone is 1. The Kier molecular flexibility index (Phi) is 9.91. The predicted octanol–water partition coefficient (Wildman–Crippen LogP) is 4.36. The lowest BCUT2D eigenvalue weighted by molar-refractivity contribution is -0.284. The summed E-state index contributed by atoms with van der Waals surface area (Å²) in [6.45, 7) is 7.35. The second-order valence-electron chi connectivity index (χ2n) is 23.7. The fourth-order valence-corrected chi connectivity index (χ4v) is 18.5. The first-order valence-corrected chi connectivity index (χ1v) is 25.3. The summed E-state index contributed by atoms with van der Waals surface area (Å²) in [5.74, 6) is -1.32. The van der Waals surface area contributed by atoms with Crippen molar-refractivity contribution in [3.8, 4) is 0 Å². The minimum atomic E-state index is -1.48. The van der Waals surface area contributed by atoms with E-state index in [1.54, 1.807) is 6.26 Å². The Morgan fingerprint density at radius 1 is 0.969 bits per heavy atom. The number of ketones is 1. The van der Waals surface area contributed by atoms with Crippen LogP contribution in [0.1, 0.15) is 122 Å². The number of epoxide rings is 1. The van der Waals surface area contributed by atoms with Crippen molar-refractivity contribution in [3.05, 3.63) is 35.9 Å². The number of furan rings is 1. The van der Waals surface area contributed by atoms with Crippen LogP contribution in [-0.2, 0) is 39.8 Å². The number of ether oxygens (including phenoxy) is 4.